The predicted molar refractivity (Wildman–Crippen MR) is 83.1 cm³/mol. The van der Waals surface area contributed by atoms with Crippen LogP contribution in [0.4, 0.5) is 0 Å². The molecule has 2 rings (SSSR count). The average molecular weight is 338 g/mol. The third-order valence-electron chi connectivity index (χ3n) is 3.15. The maximum atomic E-state index is 5.81. The van der Waals surface area contributed by atoms with Gasteiger partial charge in [-0.1, -0.05) is 47.1 Å². The molecule has 5 heteroatoms. The van der Waals surface area contributed by atoms with Crippen LogP contribution in [0.25, 0.3) is 11.4 Å². The average Bonchev–Trinajstić information content (AvgIpc) is 2.86. The second kappa shape index (κ2) is 6.99. The quantitative estimate of drug-likeness (QED) is 0.873. The number of rotatable bonds is 6. The molecule has 1 aromatic heterocycles. The molecule has 0 saturated heterocycles. The lowest BCUT2D eigenvalue weighted by molar-refractivity contribution is 0.332. The van der Waals surface area contributed by atoms with Crippen LogP contribution in [0.5, 0.6) is 0 Å². The Bertz CT molecular complexity index is 554. The zero-order chi connectivity index (χ0) is 14.5. The molecule has 20 heavy (non-hydrogen) atoms. The van der Waals surface area contributed by atoms with Crippen LogP contribution in [0.3, 0.4) is 0 Å². The van der Waals surface area contributed by atoms with Crippen molar-refractivity contribution in [3.05, 3.63) is 34.6 Å². The number of nitrogens with two attached hydrogens (primary N) is 1. The highest BCUT2D eigenvalue weighted by Gasteiger charge is 2.15. The zero-order valence-electron chi connectivity index (χ0n) is 11.8. The lowest BCUT2D eigenvalue weighted by Crippen LogP contribution is -2.19. The van der Waals surface area contributed by atoms with E-state index in [1.807, 2.05) is 24.3 Å². The van der Waals surface area contributed by atoms with Crippen LogP contribution >= 0.6 is 15.9 Å². The Morgan fingerprint density at radius 3 is 2.80 bits per heavy atom. The van der Waals surface area contributed by atoms with E-state index in [9.17, 15) is 0 Å². The smallest absolute Gasteiger partial charge is 0.227 e. The molecule has 1 atom stereocenters. The van der Waals surface area contributed by atoms with Crippen molar-refractivity contribution in [2.45, 2.75) is 26.7 Å². The van der Waals surface area contributed by atoms with E-state index in [1.165, 1.54) is 0 Å². The third-order valence-corrected chi connectivity index (χ3v) is 3.65. The molecule has 4 nitrogen and oxygen atoms in total. The molecule has 0 fully saturated rings. The summed E-state index contributed by atoms with van der Waals surface area (Å²) in [7, 11) is 0. The Hall–Kier alpha value is -1.20. The van der Waals surface area contributed by atoms with E-state index in [4.69, 9.17) is 10.3 Å². The molecule has 0 aliphatic heterocycles. The van der Waals surface area contributed by atoms with Gasteiger partial charge in [-0.3, -0.25) is 0 Å². The SMILES string of the molecule is CC(C)CC(CN)Cc1nc(-c2cccc(Br)c2)no1. The summed E-state index contributed by atoms with van der Waals surface area (Å²) >= 11 is 3.44. The van der Waals surface area contributed by atoms with Crippen LogP contribution in [0.15, 0.2) is 33.3 Å². The fraction of sp³-hybridized carbons (Fsp3) is 0.467. The summed E-state index contributed by atoms with van der Waals surface area (Å²) in [5.41, 5.74) is 6.76. The Morgan fingerprint density at radius 1 is 1.35 bits per heavy atom. The zero-order valence-corrected chi connectivity index (χ0v) is 13.4. The molecular weight excluding hydrogens is 318 g/mol. The first-order chi connectivity index (χ1) is 9.58. The Kier molecular flexibility index (Phi) is 5.31. The van der Waals surface area contributed by atoms with Gasteiger partial charge in [-0.25, -0.2) is 0 Å². The van der Waals surface area contributed by atoms with Crippen LogP contribution in [-0.2, 0) is 6.42 Å². The van der Waals surface area contributed by atoms with Gasteiger partial charge in [-0.15, -0.1) is 0 Å². The minimum atomic E-state index is 0.394. The first kappa shape index (κ1) is 15.2. The second-order valence-electron chi connectivity index (χ2n) is 5.46. The second-order valence-corrected chi connectivity index (χ2v) is 6.37. The van der Waals surface area contributed by atoms with Crippen LogP contribution in [-0.4, -0.2) is 16.7 Å². The minimum absolute atomic E-state index is 0.394. The molecule has 1 heterocycles. The normalized spacial score (nSPS) is 12.8. The highest BCUT2D eigenvalue weighted by Crippen LogP contribution is 2.22. The van der Waals surface area contributed by atoms with Gasteiger partial charge in [-0.2, -0.15) is 4.98 Å². The fourth-order valence-electron chi connectivity index (χ4n) is 2.26. The van der Waals surface area contributed by atoms with Gasteiger partial charge < -0.3 is 10.3 Å². The van der Waals surface area contributed by atoms with E-state index in [0.717, 1.165) is 22.9 Å². The Morgan fingerprint density at radius 2 is 2.15 bits per heavy atom. The first-order valence-electron chi connectivity index (χ1n) is 6.87. The number of aromatic nitrogens is 2. The maximum absolute atomic E-state index is 5.81. The van der Waals surface area contributed by atoms with E-state index in [-0.39, 0.29) is 0 Å². The minimum Gasteiger partial charge on any atom is -0.339 e. The van der Waals surface area contributed by atoms with E-state index >= 15 is 0 Å². The predicted octanol–water partition coefficient (Wildman–Crippen LogP) is 3.66. The van der Waals surface area contributed by atoms with Crippen molar-refractivity contribution >= 4 is 15.9 Å². The van der Waals surface area contributed by atoms with Crippen molar-refractivity contribution in [2.75, 3.05) is 6.54 Å². The molecule has 108 valence electrons. The molecule has 2 N–H and O–H groups in total. The number of benzene rings is 1. The molecule has 0 aliphatic carbocycles. The topological polar surface area (TPSA) is 64.9 Å². The van der Waals surface area contributed by atoms with Gasteiger partial charge in [0.1, 0.15) is 0 Å². The molecule has 1 aromatic carbocycles. The van der Waals surface area contributed by atoms with E-state index in [0.29, 0.717) is 30.1 Å². The molecule has 0 bridgehead atoms. The Balaban J connectivity index is 2.09. The lowest BCUT2D eigenvalue weighted by Gasteiger charge is -2.14. The van der Waals surface area contributed by atoms with Gasteiger partial charge in [0, 0.05) is 16.5 Å². The van der Waals surface area contributed by atoms with Gasteiger partial charge in [0.15, 0.2) is 0 Å². The van der Waals surface area contributed by atoms with Gasteiger partial charge in [0.2, 0.25) is 11.7 Å². The monoisotopic (exact) mass is 337 g/mol. The highest BCUT2D eigenvalue weighted by molar-refractivity contribution is 9.10. The number of hydrogen-bond acceptors (Lipinski definition) is 4. The van der Waals surface area contributed by atoms with Gasteiger partial charge in [0.05, 0.1) is 0 Å². The standard InChI is InChI=1S/C15H20BrN3O/c1-10(2)6-11(9-17)7-14-18-15(19-20-14)12-4-3-5-13(16)8-12/h3-5,8,10-11H,6-7,9,17H2,1-2H3. The summed E-state index contributed by atoms with van der Waals surface area (Å²) in [5, 5.41) is 4.05. The van der Waals surface area contributed by atoms with Crippen molar-refractivity contribution in [3.63, 3.8) is 0 Å². The van der Waals surface area contributed by atoms with Crippen LogP contribution < -0.4 is 5.73 Å². The number of hydrogen-bond donors (Lipinski definition) is 1. The van der Waals surface area contributed by atoms with E-state index in [2.05, 4.69) is 39.9 Å². The molecular formula is C15H20BrN3O. The molecule has 0 amide bonds. The molecule has 1 unspecified atom stereocenters. The van der Waals surface area contributed by atoms with Crippen LogP contribution in [0, 0.1) is 11.8 Å². The summed E-state index contributed by atoms with van der Waals surface area (Å²) in [6.07, 6.45) is 1.82. The van der Waals surface area contributed by atoms with Crippen molar-refractivity contribution in [3.8, 4) is 11.4 Å². The highest BCUT2D eigenvalue weighted by atomic mass is 79.9. The van der Waals surface area contributed by atoms with E-state index in [1.54, 1.807) is 0 Å². The summed E-state index contributed by atoms with van der Waals surface area (Å²) in [6.45, 7) is 5.04. The summed E-state index contributed by atoms with van der Waals surface area (Å²) in [4.78, 5) is 4.46. The summed E-state index contributed by atoms with van der Waals surface area (Å²) in [6, 6.07) is 7.87. The van der Waals surface area contributed by atoms with Gasteiger partial charge >= 0.3 is 0 Å². The van der Waals surface area contributed by atoms with Gasteiger partial charge in [-0.05, 0) is 36.9 Å². The van der Waals surface area contributed by atoms with Gasteiger partial charge in [0.25, 0.3) is 0 Å². The maximum Gasteiger partial charge on any atom is 0.227 e. The van der Waals surface area contributed by atoms with Crippen LogP contribution in [0.1, 0.15) is 26.2 Å². The van der Waals surface area contributed by atoms with Crippen molar-refractivity contribution < 1.29 is 4.52 Å². The number of halogens is 1. The van der Waals surface area contributed by atoms with Crippen molar-refractivity contribution in [1.29, 1.82) is 0 Å². The largest absolute Gasteiger partial charge is 0.339 e. The third kappa shape index (κ3) is 4.15. The lowest BCUT2D eigenvalue weighted by atomic mass is 9.94. The van der Waals surface area contributed by atoms with E-state index < -0.39 is 0 Å². The first-order valence-corrected chi connectivity index (χ1v) is 7.66. The number of nitrogens with zero attached hydrogens (tertiary/aromatic N) is 2. The Labute approximate surface area is 127 Å². The van der Waals surface area contributed by atoms with Crippen molar-refractivity contribution in [2.24, 2.45) is 17.6 Å². The van der Waals surface area contributed by atoms with Crippen LogP contribution in [0.2, 0.25) is 0 Å². The molecule has 0 spiro atoms. The summed E-state index contributed by atoms with van der Waals surface area (Å²) < 4.78 is 6.34. The summed E-state index contributed by atoms with van der Waals surface area (Å²) in [5.74, 6) is 2.31. The molecule has 2 aromatic rings. The van der Waals surface area contributed by atoms with Crippen molar-refractivity contribution in [1.82, 2.24) is 10.1 Å². The molecule has 0 aliphatic rings. The fourth-order valence-corrected chi connectivity index (χ4v) is 2.66. The molecule has 0 radical (unpaired) electrons. The molecule has 0 saturated carbocycles.